The maximum Gasteiger partial charge on any atom is 0.240 e. The Hall–Kier alpha value is -1.89. The SMILES string of the molecule is C=C1N=C(c2cn(C3CCNCC3)nn2)NO1. The van der Waals surface area contributed by atoms with Crippen molar-refractivity contribution in [1.82, 2.24) is 25.8 Å². The number of aliphatic imine (C=N–C) groups is 1. The standard InChI is InChI=1S/C10H14N6O/c1-7-12-10(14-17-7)9-6-16(15-13-9)8-2-4-11-5-3-8/h6,8,11H,1-5H2,(H,12,14). The van der Waals surface area contributed by atoms with Gasteiger partial charge in [-0.3, -0.25) is 0 Å². The zero-order valence-electron chi connectivity index (χ0n) is 9.39. The van der Waals surface area contributed by atoms with Gasteiger partial charge in [0.2, 0.25) is 5.88 Å². The molecule has 3 rings (SSSR count). The van der Waals surface area contributed by atoms with Gasteiger partial charge in [0.25, 0.3) is 0 Å². The summed E-state index contributed by atoms with van der Waals surface area (Å²) in [5.74, 6) is 0.909. The number of amidine groups is 1. The van der Waals surface area contributed by atoms with Crippen LogP contribution in [0.4, 0.5) is 0 Å². The Morgan fingerprint density at radius 2 is 2.24 bits per heavy atom. The van der Waals surface area contributed by atoms with Crippen molar-refractivity contribution in [3.63, 3.8) is 0 Å². The number of hydrogen-bond acceptors (Lipinski definition) is 6. The van der Waals surface area contributed by atoms with Crippen LogP contribution in [0.1, 0.15) is 24.6 Å². The molecule has 0 aliphatic carbocycles. The molecule has 2 aliphatic heterocycles. The first-order chi connectivity index (χ1) is 8.33. The second kappa shape index (κ2) is 4.17. The summed E-state index contributed by atoms with van der Waals surface area (Å²) in [6, 6.07) is 0.420. The Morgan fingerprint density at radius 1 is 1.41 bits per heavy atom. The van der Waals surface area contributed by atoms with Gasteiger partial charge in [-0.2, -0.15) is 10.5 Å². The van der Waals surface area contributed by atoms with Crippen molar-refractivity contribution in [3.05, 3.63) is 24.4 Å². The quantitative estimate of drug-likeness (QED) is 0.750. The summed E-state index contributed by atoms with van der Waals surface area (Å²) in [5, 5.41) is 11.6. The van der Waals surface area contributed by atoms with E-state index in [1.807, 2.05) is 10.9 Å². The minimum atomic E-state index is 0.344. The van der Waals surface area contributed by atoms with Crippen molar-refractivity contribution in [2.45, 2.75) is 18.9 Å². The minimum Gasteiger partial charge on any atom is -0.361 e. The third-order valence-corrected chi connectivity index (χ3v) is 2.94. The first-order valence-corrected chi connectivity index (χ1v) is 5.66. The molecule has 3 heterocycles. The molecule has 17 heavy (non-hydrogen) atoms. The van der Waals surface area contributed by atoms with Gasteiger partial charge in [-0.1, -0.05) is 5.21 Å². The Morgan fingerprint density at radius 3 is 2.94 bits per heavy atom. The summed E-state index contributed by atoms with van der Waals surface area (Å²) in [6.07, 6.45) is 4.04. The van der Waals surface area contributed by atoms with Crippen LogP contribution in [0.25, 0.3) is 0 Å². The van der Waals surface area contributed by atoms with E-state index < -0.39 is 0 Å². The van der Waals surface area contributed by atoms with E-state index in [4.69, 9.17) is 4.84 Å². The summed E-state index contributed by atoms with van der Waals surface area (Å²) in [6.45, 7) is 5.64. The number of piperidine rings is 1. The monoisotopic (exact) mass is 234 g/mol. The van der Waals surface area contributed by atoms with Gasteiger partial charge < -0.3 is 10.2 Å². The molecule has 0 aromatic carbocycles. The lowest BCUT2D eigenvalue weighted by Gasteiger charge is -2.22. The fraction of sp³-hybridized carbons (Fsp3) is 0.500. The number of nitrogens with one attached hydrogen (secondary N) is 2. The Bertz CT molecular complexity index is 459. The van der Waals surface area contributed by atoms with E-state index in [2.05, 4.69) is 32.7 Å². The largest absolute Gasteiger partial charge is 0.361 e. The number of aromatic nitrogens is 3. The maximum absolute atomic E-state index is 4.94. The molecule has 0 saturated carbocycles. The fourth-order valence-electron chi connectivity index (χ4n) is 2.02. The van der Waals surface area contributed by atoms with Crippen LogP contribution in [0, 0.1) is 0 Å². The number of hydroxylamine groups is 1. The van der Waals surface area contributed by atoms with E-state index >= 15 is 0 Å². The summed E-state index contributed by atoms with van der Waals surface area (Å²) < 4.78 is 1.90. The van der Waals surface area contributed by atoms with Crippen LogP contribution in [0.2, 0.25) is 0 Å². The van der Waals surface area contributed by atoms with Gasteiger partial charge in [0.15, 0.2) is 11.5 Å². The summed E-state index contributed by atoms with van der Waals surface area (Å²) in [7, 11) is 0. The lowest BCUT2D eigenvalue weighted by Crippen LogP contribution is -2.29. The van der Waals surface area contributed by atoms with E-state index in [0.29, 0.717) is 23.5 Å². The highest BCUT2D eigenvalue weighted by Crippen LogP contribution is 2.17. The molecule has 0 unspecified atom stereocenters. The summed E-state index contributed by atoms with van der Waals surface area (Å²) in [4.78, 5) is 9.02. The molecule has 7 heteroatoms. The first-order valence-electron chi connectivity index (χ1n) is 5.66. The van der Waals surface area contributed by atoms with Gasteiger partial charge in [-0.05, 0) is 32.5 Å². The second-order valence-electron chi connectivity index (χ2n) is 4.12. The number of rotatable bonds is 2. The zero-order valence-corrected chi connectivity index (χ0v) is 9.39. The van der Waals surface area contributed by atoms with Crippen LogP contribution < -0.4 is 10.8 Å². The van der Waals surface area contributed by atoms with Gasteiger partial charge in [-0.25, -0.2) is 4.68 Å². The molecule has 0 radical (unpaired) electrons. The van der Waals surface area contributed by atoms with Crippen molar-refractivity contribution in [2.75, 3.05) is 13.1 Å². The van der Waals surface area contributed by atoms with Crippen LogP contribution in [0.3, 0.4) is 0 Å². The average Bonchev–Trinajstić information content (AvgIpc) is 2.98. The topological polar surface area (TPSA) is 76.4 Å². The van der Waals surface area contributed by atoms with E-state index in [1.54, 1.807) is 0 Å². The molecule has 0 atom stereocenters. The van der Waals surface area contributed by atoms with Gasteiger partial charge in [0.05, 0.1) is 12.2 Å². The number of nitrogens with zero attached hydrogens (tertiary/aromatic N) is 4. The summed E-state index contributed by atoms with van der Waals surface area (Å²) >= 11 is 0. The lowest BCUT2D eigenvalue weighted by atomic mass is 10.1. The molecule has 1 saturated heterocycles. The average molecular weight is 234 g/mol. The Kier molecular flexibility index (Phi) is 2.52. The third-order valence-electron chi connectivity index (χ3n) is 2.94. The Balaban J connectivity index is 1.78. The molecular formula is C10H14N6O. The first kappa shape index (κ1) is 10.3. The maximum atomic E-state index is 4.94. The summed E-state index contributed by atoms with van der Waals surface area (Å²) in [5.41, 5.74) is 3.34. The molecule has 0 amide bonds. The molecular weight excluding hydrogens is 220 g/mol. The van der Waals surface area contributed by atoms with E-state index in [0.717, 1.165) is 25.9 Å². The van der Waals surface area contributed by atoms with Crippen molar-refractivity contribution in [1.29, 1.82) is 0 Å². The zero-order chi connectivity index (χ0) is 11.7. The molecule has 1 aromatic heterocycles. The van der Waals surface area contributed by atoms with Crippen molar-refractivity contribution >= 4 is 5.84 Å². The highest BCUT2D eigenvalue weighted by molar-refractivity contribution is 5.97. The van der Waals surface area contributed by atoms with Gasteiger partial charge >= 0.3 is 0 Å². The van der Waals surface area contributed by atoms with Crippen LogP contribution >= 0.6 is 0 Å². The van der Waals surface area contributed by atoms with E-state index in [1.165, 1.54) is 0 Å². The molecule has 0 spiro atoms. The van der Waals surface area contributed by atoms with Gasteiger partial charge in [0, 0.05) is 0 Å². The predicted molar refractivity (Wildman–Crippen MR) is 61.1 cm³/mol. The Labute approximate surface area is 98.5 Å². The minimum absolute atomic E-state index is 0.344. The van der Waals surface area contributed by atoms with Crippen LogP contribution in [-0.4, -0.2) is 33.9 Å². The third kappa shape index (κ3) is 2.01. The van der Waals surface area contributed by atoms with E-state index in [9.17, 15) is 0 Å². The lowest BCUT2D eigenvalue weighted by molar-refractivity contribution is 0.179. The molecule has 2 N–H and O–H groups in total. The van der Waals surface area contributed by atoms with E-state index in [-0.39, 0.29) is 0 Å². The molecule has 7 nitrogen and oxygen atoms in total. The van der Waals surface area contributed by atoms with Crippen molar-refractivity contribution in [3.8, 4) is 0 Å². The highest BCUT2D eigenvalue weighted by Gasteiger charge is 2.20. The second-order valence-corrected chi connectivity index (χ2v) is 4.12. The molecule has 90 valence electrons. The smallest absolute Gasteiger partial charge is 0.240 e. The van der Waals surface area contributed by atoms with Crippen LogP contribution in [0.5, 0.6) is 0 Å². The molecule has 1 fully saturated rings. The van der Waals surface area contributed by atoms with Crippen LogP contribution in [0.15, 0.2) is 23.7 Å². The normalized spacial score (nSPS) is 20.9. The highest BCUT2D eigenvalue weighted by atomic mass is 16.7. The van der Waals surface area contributed by atoms with Crippen molar-refractivity contribution < 1.29 is 4.84 Å². The van der Waals surface area contributed by atoms with Crippen molar-refractivity contribution in [2.24, 2.45) is 4.99 Å². The van der Waals surface area contributed by atoms with Crippen LogP contribution in [-0.2, 0) is 4.84 Å². The molecule has 0 bridgehead atoms. The molecule has 1 aromatic rings. The molecule has 2 aliphatic rings. The fourth-order valence-corrected chi connectivity index (χ4v) is 2.02. The van der Waals surface area contributed by atoms with Gasteiger partial charge in [-0.15, -0.1) is 5.10 Å². The predicted octanol–water partition coefficient (Wildman–Crippen LogP) is -0.0448. The van der Waals surface area contributed by atoms with Gasteiger partial charge in [0.1, 0.15) is 0 Å². The number of hydrogen-bond donors (Lipinski definition) is 2.